The average Bonchev–Trinajstić information content (AvgIpc) is 2.78. The summed E-state index contributed by atoms with van der Waals surface area (Å²) >= 11 is 1.41. The van der Waals surface area contributed by atoms with Gasteiger partial charge in [0.05, 0.1) is 10.6 Å². The lowest BCUT2D eigenvalue weighted by Crippen LogP contribution is -1.78. The van der Waals surface area contributed by atoms with E-state index in [0.29, 0.717) is 4.88 Å². The van der Waals surface area contributed by atoms with Gasteiger partial charge >= 0.3 is 0 Å². The van der Waals surface area contributed by atoms with Crippen molar-refractivity contribution in [3.8, 4) is 10.6 Å². The molecule has 1 nitrogen and oxygen atoms in total. The fourth-order valence-corrected chi connectivity index (χ4v) is 2.22. The Morgan fingerprint density at radius 1 is 1.33 bits per heavy atom. The maximum absolute atomic E-state index is 13.3. The molecule has 0 aliphatic carbocycles. The summed E-state index contributed by atoms with van der Waals surface area (Å²) in [7, 11) is 0. The predicted molar refractivity (Wildman–Crippen MR) is 61.6 cm³/mol. The van der Waals surface area contributed by atoms with Gasteiger partial charge in [0.2, 0.25) is 0 Å². The molecule has 0 amide bonds. The molecule has 2 aromatic rings. The molecule has 3 heteroatoms. The Morgan fingerprint density at radius 3 is 2.87 bits per heavy atom. The first kappa shape index (κ1) is 10.1. The molecular formula is C12H10FNS. The minimum Gasteiger partial charge on any atom is -0.255 e. The molecule has 1 atom stereocenters. The summed E-state index contributed by atoms with van der Waals surface area (Å²) in [4.78, 5) is 5.86. The number of aromatic nitrogens is 1. The van der Waals surface area contributed by atoms with Crippen LogP contribution in [-0.2, 0) is 0 Å². The van der Waals surface area contributed by atoms with Crippen molar-refractivity contribution in [1.82, 2.24) is 4.98 Å². The molecule has 0 fully saturated rings. The van der Waals surface area contributed by atoms with Gasteiger partial charge in [0.25, 0.3) is 0 Å². The van der Waals surface area contributed by atoms with E-state index in [1.807, 2.05) is 24.3 Å². The Bertz CT molecular complexity index is 450. The zero-order chi connectivity index (χ0) is 10.7. The third-order valence-corrected chi connectivity index (χ3v) is 3.18. The first-order valence-corrected chi connectivity index (χ1v) is 5.40. The number of nitrogens with zero attached hydrogens (tertiary/aromatic N) is 1. The van der Waals surface area contributed by atoms with E-state index in [4.69, 9.17) is 0 Å². The zero-order valence-corrected chi connectivity index (χ0v) is 8.88. The Labute approximate surface area is 91.9 Å². The maximum Gasteiger partial charge on any atom is 0.152 e. The molecule has 15 heavy (non-hydrogen) atoms. The number of hydrogen-bond acceptors (Lipinski definition) is 2. The third-order valence-electron chi connectivity index (χ3n) is 2.02. The summed E-state index contributed by atoms with van der Waals surface area (Å²) in [6, 6.07) is 9.36. The minimum atomic E-state index is -1.08. The highest BCUT2D eigenvalue weighted by Gasteiger charge is 2.09. The van der Waals surface area contributed by atoms with Gasteiger partial charge in [-0.3, -0.25) is 4.98 Å². The number of halogens is 1. The SMILES string of the molecule is C=CC(F)c1ccc(-c2ccccn2)s1. The van der Waals surface area contributed by atoms with Crippen molar-refractivity contribution in [1.29, 1.82) is 0 Å². The van der Waals surface area contributed by atoms with Crippen molar-refractivity contribution in [3.63, 3.8) is 0 Å². The molecule has 1 unspecified atom stereocenters. The Morgan fingerprint density at radius 2 is 2.20 bits per heavy atom. The minimum absolute atomic E-state index is 0.672. The number of thiophene rings is 1. The topological polar surface area (TPSA) is 12.9 Å². The van der Waals surface area contributed by atoms with Crippen LogP contribution in [0.5, 0.6) is 0 Å². The van der Waals surface area contributed by atoms with Crippen LogP contribution in [0, 0.1) is 0 Å². The van der Waals surface area contributed by atoms with Crippen molar-refractivity contribution in [3.05, 3.63) is 54.1 Å². The number of hydrogen-bond donors (Lipinski definition) is 0. The van der Waals surface area contributed by atoms with Crippen LogP contribution in [0.4, 0.5) is 4.39 Å². The Hall–Kier alpha value is -1.48. The summed E-state index contributed by atoms with van der Waals surface area (Å²) in [6.45, 7) is 3.44. The van der Waals surface area contributed by atoms with Crippen LogP contribution in [0.2, 0.25) is 0 Å². The molecular weight excluding hydrogens is 209 g/mol. The molecule has 0 spiro atoms. The highest BCUT2D eigenvalue weighted by atomic mass is 32.1. The van der Waals surface area contributed by atoms with Crippen LogP contribution < -0.4 is 0 Å². The van der Waals surface area contributed by atoms with Gasteiger partial charge in [0.1, 0.15) is 0 Å². The van der Waals surface area contributed by atoms with Gasteiger partial charge < -0.3 is 0 Å². The number of rotatable bonds is 3. The van der Waals surface area contributed by atoms with E-state index in [-0.39, 0.29) is 0 Å². The lowest BCUT2D eigenvalue weighted by atomic mass is 10.3. The van der Waals surface area contributed by atoms with Gasteiger partial charge in [-0.1, -0.05) is 18.7 Å². The van der Waals surface area contributed by atoms with Crippen molar-refractivity contribution in [2.45, 2.75) is 6.17 Å². The molecule has 0 N–H and O–H groups in total. The highest BCUT2D eigenvalue weighted by Crippen LogP contribution is 2.32. The van der Waals surface area contributed by atoms with Crippen molar-refractivity contribution in [2.24, 2.45) is 0 Å². The number of alkyl halides is 1. The van der Waals surface area contributed by atoms with Gasteiger partial charge in [0, 0.05) is 11.1 Å². The monoisotopic (exact) mass is 219 g/mol. The summed E-state index contributed by atoms with van der Waals surface area (Å²) in [5.74, 6) is 0. The lowest BCUT2D eigenvalue weighted by molar-refractivity contribution is 0.421. The smallest absolute Gasteiger partial charge is 0.152 e. The summed E-state index contributed by atoms with van der Waals surface area (Å²) in [5.41, 5.74) is 0.880. The number of pyridine rings is 1. The second-order valence-electron chi connectivity index (χ2n) is 3.05. The van der Waals surface area contributed by atoms with Crippen LogP contribution in [0.3, 0.4) is 0 Å². The lowest BCUT2D eigenvalue weighted by Gasteiger charge is -1.96. The van der Waals surface area contributed by atoms with Crippen LogP contribution in [-0.4, -0.2) is 4.98 Å². The molecule has 2 aromatic heterocycles. The van der Waals surface area contributed by atoms with Gasteiger partial charge in [-0.15, -0.1) is 11.3 Å². The first-order valence-electron chi connectivity index (χ1n) is 4.59. The van der Waals surface area contributed by atoms with E-state index < -0.39 is 6.17 Å². The van der Waals surface area contributed by atoms with Crippen LogP contribution in [0.15, 0.2) is 49.2 Å². The van der Waals surface area contributed by atoms with Gasteiger partial charge in [0.15, 0.2) is 6.17 Å². The number of allylic oxidation sites excluding steroid dienone is 1. The first-order chi connectivity index (χ1) is 7.31. The molecule has 0 aliphatic rings. The van der Waals surface area contributed by atoms with E-state index in [1.54, 1.807) is 12.3 Å². The third kappa shape index (κ3) is 2.13. The summed E-state index contributed by atoms with van der Waals surface area (Å²) in [5, 5.41) is 0. The Kier molecular flexibility index (Phi) is 2.92. The van der Waals surface area contributed by atoms with Gasteiger partial charge in [-0.2, -0.15) is 0 Å². The molecule has 2 rings (SSSR count). The molecule has 0 saturated heterocycles. The predicted octanol–water partition coefficient (Wildman–Crippen LogP) is 4.01. The highest BCUT2D eigenvalue weighted by molar-refractivity contribution is 7.15. The second-order valence-corrected chi connectivity index (χ2v) is 4.17. The quantitative estimate of drug-likeness (QED) is 0.711. The fourth-order valence-electron chi connectivity index (χ4n) is 1.26. The van der Waals surface area contributed by atoms with E-state index >= 15 is 0 Å². The van der Waals surface area contributed by atoms with Crippen LogP contribution >= 0.6 is 11.3 Å². The molecule has 2 heterocycles. The van der Waals surface area contributed by atoms with E-state index in [2.05, 4.69) is 11.6 Å². The average molecular weight is 219 g/mol. The Balaban J connectivity index is 2.32. The van der Waals surface area contributed by atoms with Gasteiger partial charge in [-0.25, -0.2) is 4.39 Å². The van der Waals surface area contributed by atoms with E-state index in [0.717, 1.165) is 10.6 Å². The van der Waals surface area contributed by atoms with E-state index in [9.17, 15) is 4.39 Å². The van der Waals surface area contributed by atoms with E-state index in [1.165, 1.54) is 17.4 Å². The van der Waals surface area contributed by atoms with Crippen LogP contribution in [0.25, 0.3) is 10.6 Å². The molecule has 0 radical (unpaired) electrons. The second kappa shape index (κ2) is 4.36. The standard InChI is InChI=1S/C12H10FNS/c1-2-9(13)11-6-7-12(15-11)10-5-3-4-8-14-10/h2-9H,1H2. The maximum atomic E-state index is 13.3. The van der Waals surface area contributed by atoms with Crippen molar-refractivity contribution < 1.29 is 4.39 Å². The summed E-state index contributed by atoms with van der Waals surface area (Å²) in [6.07, 6.45) is 1.95. The zero-order valence-electron chi connectivity index (χ0n) is 8.06. The molecule has 0 aliphatic heterocycles. The molecule has 0 saturated carbocycles. The fraction of sp³-hybridized carbons (Fsp3) is 0.0833. The van der Waals surface area contributed by atoms with Crippen molar-refractivity contribution in [2.75, 3.05) is 0 Å². The normalized spacial score (nSPS) is 12.3. The van der Waals surface area contributed by atoms with Crippen molar-refractivity contribution >= 4 is 11.3 Å². The summed E-state index contributed by atoms with van der Waals surface area (Å²) < 4.78 is 13.3. The molecule has 76 valence electrons. The largest absolute Gasteiger partial charge is 0.255 e. The molecule has 0 bridgehead atoms. The van der Waals surface area contributed by atoms with Crippen LogP contribution in [0.1, 0.15) is 11.0 Å². The molecule has 0 aromatic carbocycles. The van der Waals surface area contributed by atoms with Gasteiger partial charge in [-0.05, 0) is 24.3 Å².